The minimum absolute atomic E-state index is 1.09. The Bertz CT molecular complexity index is 647. The Balaban J connectivity index is 2.23. The van der Waals surface area contributed by atoms with Crippen LogP contribution in [0.5, 0.6) is 0 Å². The number of benzene rings is 1. The molecule has 84 valence electrons. The highest BCUT2D eigenvalue weighted by atomic mass is 79.9. The summed E-state index contributed by atoms with van der Waals surface area (Å²) in [6.07, 6.45) is 12.0. The van der Waals surface area contributed by atoms with Gasteiger partial charge < -0.3 is 10.3 Å². The average molecular weight is 287 g/mol. The highest BCUT2D eigenvalue weighted by molar-refractivity contribution is 9.10. The Hall–Kier alpha value is -1.74. The van der Waals surface area contributed by atoms with Gasteiger partial charge in [0.1, 0.15) is 0 Å². The molecule has 0 spiro atoms. The molecule has 1 aliphatic heterocycles. The van der Waals surface area contributed by atoms with Gasteiger partial charge in [-0.05, 0) is 34.1 Å². The summed E-state index contributed by atoms with van der Waals surface area (Å²) in [6.45, 7) is 0. The number of hydrogen-bond donors (Lipinski definition) is 2. The highest BCUT2D eigenvalue weighted by Crippen LogP contribution is 2.30. The molecule has 0 fully saturated rings. The van der Waals surface area contributed by atoms with Crippen LogP contribution in [-0.2, 0) is 0 Å². The van der Waals surface area contributed by atoms with E-state index < -0.39 is 0 Å². The molecule has 17 heavy (non-hydrogen) atoms. The molecule has 3 heteroatoms. The summed E-state index contributed by atoms with van der Waals surface area (Å²) in [5.74, 6) is 0. The molecular formula is C14H11BrN2. The van der Waals surface area contributed by atoms with Crippen molar-refractivity contribution < 1.29 is 0 Å². The van der Waals surface area contributed by atoms with Gasteiger partial charge in [-0.15, -0.1) is 0 Å². The zero-order valence-corrected chi connectivity index (χ0v) is 10.7. The topological polar surface area (TPSA) is 27.8 Å². The Morgan fingerprint density at radius 1 is 1.06 bits per heavy atom. The van der Waals surface area contributed by atoms with Crippen molar-refractivity contribution in [2.24, 2.45) is 0 Å². The van der Waals surface area contributed by atoms with E-state index in [1.54, 1.807) is 0 Å². The molecule has 3 rings (SSSR count). The first-order valence-corrected chi connectivity index (χ1v) is 6.21. The second kappa shape index (κ2) is 4.26. The van der Waals surface area contributed by atoms with Gasteiger partial charge in [0.15, 0.2) is 0 Å². The highest BCUT2D eigenvalue weighted by Gasteiger charge is 2.09. The van der Waals surface area contributed by atoms with Crippen LogP contribution in [0.1, 0.15) is 5.56 Å². The maximum absolute atomic E-state index is 3.58. The van der Waals surface area contributed by atoms with Crippen molar-refractivity contribution in [1.29, 1.82) is 0 Å². The summed E-state index contributed by atoms with van der Waals surface area (Å²) in [7, 11) is 0. The number of allylic oxidation sites excluding steroid dienone is 4. The predicted octanol–water partition coefficient (Wildman–Crippen LogP) is 3.94. The quantitative estimate of drug-likeness (QED) is 0.816. The van der Waals surface area contributed by atoms with Gasteiger partial charge >= 0.3 is 0 Å². The summed E-state index contributed by atoms with van der Waals surface area (Å²) < 4.78 is 1.09. The standard InChI is InChI=1S/C14H11BrN2/c15-11-9-17-13-7-4-5-10(14(11)13)12-6-2-1-3-8-16-12/h1-9,16-17H. The van der Waals surface area contributed by atoms with Gasteiger partial charge in [0.05, 0.1) is 0 Å². The molecule has 1 aliphatic rings. The van der Waals surface area contributed by atoms with E-state index in [4.69, 9.17) is 0 Å². The molecule has 2 aromatic rings. The molecule has 0 unspecified atom stereocenters. The van der Waals surface area contributed by atoms with Crippen LogP contribution in [0.25, 0.3) is 16.6 Å². The van der Waals surface area contributed by atoms with Crippen molar-refractivity contribution >= 4 is 32.5 Å². The lowest BCUT2D eigenvalue weighted by atomic mass is 10.1. The molecule has 2 nitrogen and oxygen atoms in total. The molecule has 1 aromatic heterocycles. The fraction of sp³-hybridized carbons (Fsp3) is 0. The van der Waals surface area contributed by atoms with Crippen LogP contribution < -0.4 is 5.32 Å². The lowest BCUT2D eigenvalue weighted by Crippen LogP contribution is -2.03. The van der Waals surface area contributed by atoms with Crippen molar-refractivity contribution in [2.75, 3.05) is 0 Å². The van der Waals surface area contributed by atoms with Crippen LogP contribution in [0.4, 0.5) is 0 Å². The van der Waals surface area contributed by atoms with Crippen molar-refractivity contribution in [3.8, 4) is 0 Å². The molecule has 2 heterocycles. The number of nitrogens with one attached hydrogen (secondary N) is 2. The summed E-state index contributed by atoms with van der Waals surface area (Å²) in [4.78, 5) is 3.25. The first-order chi connectivity index (χ1) is 8.36. The van der Waals surface area contributed by atoms with Gasteiger partial charge in [0.25, 0.3) is 0 Å². The second-order valence-corrected chi connectivity index (χ2v) is 4.69. The van der Waals surface area contributed by atoms with Gasteiger partial charge in [-0.25, -0.2) is 0 Å². The third kappa shape index (κ3) is 1.83. The van der Waals surface area contributed by atoms with Crippen molar-refractivity contribution in [3.63, 3.8) is 0 Å². The predicted molar refractivity (Wildman–Crippen MR) is 75.4 cm³/mol. The molecular weight excluding hydrogens is 276 g/mol. The van der Waals surface area contributed by atoms with Gasteiger partial charge in [-0.1, -0.05) is 24.3 Å². The molecule has 0 amide bonds. The molecule has 0 saturated heterocycles. The van der Waals surface area contributed by atoms with E-state index in [-0.39, 0.29) is 0 Å². The summed E-state index contributed by atoms with van der Waals surface area (Å²) in [5.41, 5.74) is 3.42. The first kappa shape index (κ1) is 10.4. The third-order valence-corrected chi connectivity index (χ3v) is 3.39. The van der Waals surface area contributed by atoms with Gasteiger partial charge in [0, 0.05) is 39.0 Å². The minimum atomic E-state index is 1.09. The fourth-order valence-electron chi connectivity index (χ4n) is 1.99. The number of rotatable bonds is 1. The number of hydrogen-bond acceptors (Lipinski definition) is 1. The van der Waals surface area contributed by atoms with Gasteiger partial charge in [-0.3, -0.25) is 0 Å². The minimum Gasteiger partial charge on any atom is -0.361 e. The van der Waals surface area contributed by atoms with E-state index in [9.17, 15) is 0 Å². The Morgan fingerprint density at radius 3 is 2.94 bits per heavy atom. The van der Waals surface area contributed by atoms with Crippen LogP contribution in [0, 0.1) is 0 Å². The number of halogens is 1. The zero-order chi connectivity index (χ0) is 11.7. The SMILES string of the molecule is Brc1c[nH]c2cccc(C3=CC=CC=CN3)c12. The molecule has 1 aromatic carbocycles. The lowest BCUT2D eigenvalue weighted by molar-refractivity contribution is 1.23. The third-order valence-electron chi connectivity index (χ3n) is 2.77. The van der Waals surface area contributed by atoms with Crippen LogP contribution >= 0.6 is 15.9 Å². The molecule has 0 aliphatic carbocycles. The van der Waals surface area contributed by atoms with E-state index in [2.05, 4.69) is 50.5 Å². The largest absolute Gasteiger partial charge is 0.361 e. The molecule has 0 saturated carbocycles. The van der Waals surface area contributed by atoms with Crippen LogP contribution in [0.2, 0.25) is 0 Å². The van der Waals surface area contributed by atoms with Crippen molar-refractivity contribution in [1.82, 2.24) is 10.3 Å². The van der Waals surface area contributed by atoms with Crippen molar-refractivity contribution in [3.05, 3.63) is 64.9 Å². The number of fused-ring (bicyclic) bond motifs is 1. The average Bonchev–Trinajstić information content (AvgIpc) is 2.59. The van der Waals surface area contributed by atoms with Crippen LogP contribution in [0.3, 0.4) is 0 Å². The summed E-state index contributed by atoms with van der Waals surface area (Å²) in [5, 5.41) is 4.49. The Kier molecular flexibility index (Phi) is 2.61. The Labute approximate surface area is 108 Å². The first-order valence-electron chi connectivity index (χ1n) is 5.42. The molecule has 0 radical (unpaired) electrons. The van der Waals surface area contributed by atoms with E-state index in [0.29, 0.717) is 0 Å². The summed E-state index contributed by atoms with van der Waals surface area (Å²) >= 11 is 3.58. The van der Waals surface area contributed by atoms with Crippen LogP contribution in [-0.4, -0.2) is 4.98 Å². The number of aromatic amines is 1. The molecule has 2 N–H and O–H groups in total. The smallest absolute Gasteiger partial charge is 0.0472 e. The molecule has 0 bridgehead atoms. The van der Waals surface area contributed by atoms with Gasteiger partial charge in [-0.2, -0.15) is 0 Å². The maximum Gasteiger partial charge on any atom is 0.0472 e. The van der Waals surface area contributed by atoms with E-state index in [1.807, 2.05) is 30.6 Å². The van der Waals surface area contributed by atoms with E-state index in [1.165, 1.54) is 10.9 Å². The monoisotopic (exact) mass is 286 g/mol. The summed E-state index contributed by atoms with van der Waals surface area (Å²) in [6, 6.07) is 6.25. The van der Waals surface area contributed by atoms with Crippen molar-refractivity contribution in [2.45, 2.75) is 0 Å². The lowest BCUT2D eigenvalue weighted by Gasteiger charge is -2.08. The van der Waals surface area contributed by atoms with Crippen LogP contribution in [0.15, 0.2) is 59.4 Å². The van der Waals surface area contributed by atoms with E-state index >= 15 is 0 Å². The fourth-order valence-corrected chi connectivity index (χ4v) is 2.53. The zero-order valence-electron chi connectivity index (χ0n) is 9.07. The normalized spacial score (nSPS) is 14.5. The maximum atomic E-state index is 3.58. The van der Waals surface area contributed by atoms with Gasteiger partial charge in [0.2, 0.25) is 0 Å². The Morgan fingerprint density at radius 2 is 2.00 bits per heavy atom. The second-order valence-electron chi connectivity index (χ2n) is 3.83. The van der Waals surface area contributed by atoms with E-state index in [0.717, 1.165) is 15.7 Å². The number of aromatic nitrogens is 1. The number of H-pyrrole nitrogens is 1. The molecule has 0 atom stereocenters.